The van der Waals surface area contributed by atoms with Crippen molar-refractivity contribution in [2.24, 2.45) is 0 Å². The number of anilines is 1. The van der Waals surface area contributed by atoms with Crippen LogP contribution in [0.5, 0.6) is 0 Å². The number of benzene rings is 1. The van der Waals surface area contributed by atoms with Gasteiger partial charge in [-0.25, -0.2) is 4.79 Å². The van der Waals surface area contributed by atoms with Crippen LogP contribution in [0.15, 0.2) is 24.3 Å². The summed E-state index contributed by atoms with van der Waals surface area (Å²) in [7, 11) is 0. The maximum atomic E-state index is 12.4. The number of carbonyl (C=O) groups excluding carboxylic acids is 2. The van der Waals surface area contributed by atoms with Crippen LogP contribution in [-0.2, 0) is 28.9 Å². The number of H-pyrrole nitrogens is 1. The summed E-state index contributed by atoms with van der Waals surface area (Å²) in [4.78, 5) is 26.3. The lowest BCUT2D eigenvalue weighted by Crippen LogP contribution is -2.40. The second-order valence-electron chi connectivity index (χ2n) is 7.83. The maximum Gasteiger partial charge on any atom is 0.410 e. The van der Waals surface area contributed by atoms with Crippen molar-refractivity contribution >= 4 is 17.8 Å². The fourth-order valence-corrected chi connectivity index (χ4v) is 3.06. The standard InChI is InChI=1S/C20H26N4O3/c1-13-7-5-6-8-14(13)11-17(25)21-18-15-9-10-24(12-16(15)22-23-18)19(26)27-20(2,3)4/h5-8H,9-12H2,1-4H3,(H2,21,22,23,25). The zero-order valence-electron chi connectivity index (χ0n) is 16.3. The molecule has 1 aliphatic rings. The van der Waals surface area contributed by atoms with Crippen LogP contribution >= 0.6 is 0 Å². The normalized spacial score (nSPS) is 13.9. The average Bonchev–Trinajstić information content (AvgIpc) is 2.97. The molecular formula is C20H26N4O3. The van der Waals surface area contributed by atoms with Crippen LogP contribution < -0.4 is 5.32 Å². The van der Waals surface area contributed by atoms with Gasteiger partial charge in [0.05, 0.1) is 18.7 Å². The number of amides is 2. The van der Waals surface area contributed by atoms with Gasteiger partial charge < -0.3 is 15.0 Å². The molecule has 0 saturated carbocycles. The number of ether oxygens (including phenoxy) is 1. The molecule has 27 heavy (non-hydrogen) atoms. The lowest BCUT2D eigenvalue weighted by molar-refractivity contribution is -0.115. The molecule has 1 aromatic carbocycles. The molecule has 0 atom stereocenters. The van der Waals surface area contributed by atoms with Gasteiger partial charge in [0, 0.05) is 12.1 Å². The molecule has 0 radical (unpaired) electrons. The number of nitrogens with zero attached hydrogens (tertiary/aromatic N) is 2. The van der Waals surface area contributed by atoms with Crippen molar-refractivity contribution in [1.29, 1.82) is 0 Å². The lowest BCUT2D eigenvalue weighted by atomic mass is 10.1. The van der Waals surface area contributed by atoms with Crippen LogP contribution in [-0.4, -0.2) is 39.2 Å². The number of aryl methyl sites for hydroxylation is 1. The topological polar surface area (TPSA) is 87.3 Å². The van der Waals surface area contributed by atoms with Gasteiger partial charge in [-0.05, 0) is 45.2 Å². The molecule has 7 nitrogen and oxygen atoms in total. The minimum atomic E-state index is -0.528. The predicted octanol–water partition coefficient (Wildman–Crippen LogP) is 3.19. The van der Waals surface area contributed by atoms with Gasteiger partial charge in [-0.1, -0.05) is 24.3 Å². The highest BCUT2D eigenvalue weighted by atomic mass is 16.6. The fraction of sp³-hybridized carbons (Fsp3) is 0.450. The van der Waals surface area contributed by atoms with Crippen molar-refractivity contribution in [2.45, 2.75) is 52.7 Å². The zero-order chi connectivity index (χ0) is 19.6. The summed E-state index contributed by atoms with van der Waals surface area (Å²) in [5, 5.41) is 10.1. The quantitative estimate of drug-likeness (QED) is 0.869. The zero-order valence-corrected chi connectivity index (χ0v) is 16.3. The summed E-state index contributed by atoms with van der Waals surface area (Å²) >= 11 is 0. The van der Waals surface area contributed by atoms with Gasteiger partial charge in [-0.3, -0.25) is 9.89 Å². The fourth-order valence-electron chi connectivity index (χ4n) is 3.06. The van der Waals surface area contributed by atoms with E-state index in [1.54, 1.807) is 4.90 Å². The van der Waals surface area contributed by atoms with E-state index in [0.717, 1.165) is 22.4 Å². The van der Waals surface area contributed by atoms with Crippen LogP contribution in [0.2, 0.25) is 0 Å². The molecule has 1 aromatic heterocycles. The molecular weight excluding hydrogens is 344 g/mol. The Labute approximate surface area is 159 Å². The molecule has 2 N–H and O–H groups in total. The molecule has 2 amide bonds. The number of hydrogen-bond donors (Lipinski definition) is 2. The Morgan fingerprint density at radius 1 is 1.30 bits per heavy atom. The van der Waals surface area contributed by atoms with Crippen LogP contribution in [0.25, 0.3) is 0 Å². The van der Waals surface area contributed by atoms with Crippen LogP contribution in [0, 0.1) is 6.92 Å². The predicted molar refractivity (Wildman–Crippen MR) is 102 cm³/mol. The van der Waals surface area contributed by atoms with Crippen LogP contribution in [0.4, 0.5) is 10.6 Å². The van der Waals surface area contributed by atoms with Crippen LogP contribution in [0.1, 0.15) is 43.2 Å². The molecule has 0 fully saturated rings. The minimum absolute atomic E-state index is 0.104. The average molecular weight is 370 g/mol. The smallest absolute Gasteiger partial charge is 0.410 e. The first-order chi connectivity index (χ1) is 12.7. The van der Waals surface area contributed by atoms with Crippen molar-refractivity contribution < 1.29 is 14.3 Å². The number of carbonyl (C=O) groups is 2. The number of rotatable bonds is 3. The first kappa shape index (κ1) is 18.9. The second kappa shape index (κ2) is 7.42. The number of nitrogens with one attached hydrogen (secondary N) is 2. The molecule has 7 heteroatoms. The van der Waals surface area contributed by atoms with E-state index in [1.165, 1.54) is 0 Å². The van der Waals surface area contributed by atoms with Gasteiger partial charge in [-0.2, -0.15) is 5.10 Å². The van der Waals surface area contributed by atoms with Gasteiger partial charge >= 0.3 is 6.09 Å². The van der Waals surface area contributed by atoms with E-state index in [1.807, 2.05) is 52.0 Å². The number of fused-ring (bicyclic) bond motifs is 1. The van der Waals surface area contributed by atoms with Crippen molar-refractivity contribution in [3.63, 3.8) is 0 Å². The Hall–Kier alpha value is -2.83. The molecule has 3 rings (SSSR count). The number of hydrogen-bond acceptors (Lipinski definition) is 4. The molecule has 0 spiro atoms. The van der Waals surface area contributed by atoms with Crippen molar-refractivity contribution in [3.05, 3.63) is 46.6 Å². The van der Waals surface area contributed by atoms with E-state index in [2.05, 4.69) is 15.5 Å². The Kier molecular flexibility index (Phi) is 5.21. The first-order valence-electron chi connectivity index (χ1n) is 9.11. The third kappa shape index (κ3) is 4.67. The van der Waals surface area contributed by atoms with E-state index < -0.39 is 5.60 Å². The Balaban J connectivity index is 1.64. The highest BCUT2D eigenvalue weighted by molar-refractivity contribution is 5.92. The molecule has 0 bridgehead atoms. The van der Waals surface area contributed by atoms with E-state index in [9.17, 15) is 9.59 Å². The van der Waals surface area contributed by atoms with Crippen molar-refractivity contribution in [1.82, 2.24) is 15.1 Å². The van der Waals surface area contributed by atoms with Gasteiger partial charge in [0.1, 0.15) is 5.60 Å². The van der Waals surface area contributed by atoms with E-state index in [0.29, 0.717) is 31.7 Å². The van der Waals surface area contributed by atoms with Gasteiger partial charge in [0.25, 0.3) is 0 Å². The second-order valence-corrected chi connectivity index (χ2v) is 7.83. The molecule has 0 aliphatic carbocycles. The van der Waals surface area contributed by atoms with E-state index in [4.69, 9.17) is 4.74 Å². The summed E-state index contributed by atoms with van der Waals surface area (Å²) < 4.78 is 5.42. The van der Waals surface area contributed by atoms with Crippen LogP contribution in [0.3, 0.4) is 0 Å². The Morgan fingerprint density at radius 2 is 2.04 bits per heavy atom. The highest BCUT2D eigenvalue weighted by Gasteiger charge is 2.28. The summed E-state index contributed by atoms with van der Waals surface area (Å²) in [5.74, 6) is 0.445. The molecule has 1 aliphatic heterocycles. The molecule has 0 unspecified atom stereocenters. The van der Waals surface area contributed by atoms with Crippen molar-refractivity contribution in [3.8, 4) is 0 Å². The van der Waals surface area contributed by atoms with E-state index in [-0.39, 0.29) is 12.0 Å². The van der Waals surface area contributed by atoms with E-state index >= 15 is 0 Å². The highest BCUT2D eigenvalue weighted by Crippen LogP contribution is 2.25. The Bertz CT molecular complexity index is 851. The maximum absolute atomic E-state index is 12.4. The molecule has 2 aromatic rings. The SMILES string of the molecule is Cc1ccccc1CC(=O)Nc1n[nH]c2c1CCN(C(=O)OC(C)(C)C)C2. The minimum Gasteiger partial charge on any atom is -0.444 e. The number of aromatic nitrogens is 2. The summed E-state index contributed by atoms with van der Waals surface area (Å²) in [6, 6.07) is 7.83. The van der Waals surface area contributed by atoms with Gasteiger partial charge in [0.15, 0.2) is 5.82 Å². The molecule has 0 saturated heterocycles. The van der Waals surface area contributed by atoms with Gasteiger partial charge in [0.2, 0.25) is 5.91 Å². The summed E-state index contributed by atoms with van der Waals surface area (Å²) in [6.07, 6.45) is 0.580. The molecule has 144 valence electrons. The Morgan fingerprint density at radius 3 is 2.74 bits per heavy atom. The lowest BCUT2D eigenvalue weighted by Gasteiger charge is -2.29. The molecule has 2 heterocycles. The number of aromatic amines is 1. The monoisotopic (exact) mass is 370 g/mol. The summed E-state index contributed by atoms with van der Waals surface area (Å²) in [5.41, 5.74) is 3.34. The third-order valence-electron chi connectivity index (χ3n) is 4.46. The third-order valence-corrected chi connectivity index (χ3v) is 4.46. The summed E-state index contributed by atoms with van der Waals surface area (Å²) in [6.45, 7) is 8.45. The first-order valence-corrected chi connectivity index (χ1v) is 9.11. The largest absolute Gasteiger partial charge is 0.444 e. The van der Waals surface area contributed by atoms with Crippen molar-refractivity contribution in [2.75, 3.05) is 11.9 Å². The van der Waals surface area contributed by atoms with Gasteiger partial charge in [-0.15, -0.1) is 0 Å².